The number of hydrogen-bond donors (Lipinski definition) is 1. The fraction of sp³-hybridized carbons (Fsp3) is 0.364. The summed E-state index contributed by atoms with van der Waals surface area (Å²) in [5, 5.41) is 2.98. The number of rotatable bonds is 2. The maximum atomic E-state index is 11.6. The Kier molecular flexibility index (Phi) is 2.50. The zero-order valence-electron chi connectivity index (χ0n) is 8.23. The highest BCUT2D eigenvalue weighted by Gasteiger charge is 2.24. The van der Waals surface area contributed by atoms with Gasteiger partial charge in [-0.1, -0.05) is 18.2 Å². The van der Waals surface area contributed by atoms with Gasteiger partial charge in [0.15, 0.2) is 0 Å². The van der Waals surface area contributed by atoms with Gasteiger partial charge in [0.25, 0.3) is 5.91 Å². The molecule has 2 rings (SSSR count). The van der Waals surface area contributed by atoms with E-state index in [9.17, 15) is 4.79 Å². The summed E-state index contributed by atoms with van der Waals surface area (Å²) in [5.74, 6) is 0.0312. The molecule has 0 atom stereocenters. The topological polar surface area (TPSA) is 32.3 Å². The fourth-order valence-electron chi connectivity index (χ4n) is 1.65. The molecule has 1 N–H and O–H groups in total. The fourth-order valence-corrected chi connectivity index (χ4v) is 1.65. The van der Waals surface area contributed by atoms with Gasteiger partial charge in [0.2, 0.25) is 0 Å². The minimum absolute atomic E-state index is 0.0312. The average molecular weight is 190 g/mol. The van der Waals surface area contributed by atoms with Gasteiger partial charge in [-0.05, 0) is 19.2 Å². The van der Waals surface area contributed by atoms with Crippen LogP contribution >= 0.6 is 0 Å². The third-order valence-electron chi connectivity index (χ3n) is 2.44. The van der Waals surface area contributed by atoms with Gasteiger partial charge >= 0.3 is 0 Å². The van der Waals surface area contributed by atoms with Crippen LogP contribution in [0.25, 0.3) is 0 Å². The van der Waals surface area contributed by atoms with Crippen LogP contribution < -0.4 is 5.32 Å². The van der Waals surface area contributed by atoms with Crippen molar-refractivity contribution < 1.29 is 4.79 Å². The van der Waals surface area contributed by atoms with Crippen molar-refractivity contribution in [2.24, 2.45) is 0 Å². The molecule has 74 valence electrons. The Bertz CT molecular complexity index is 317. The van der Waals surface area contributed by atoms with E-state index in [4.69, 9.17) is 0 Å². The Balaban J connectivity index is 1.90. The molecular formula is C11H14N2O. The van der Waals surface area contributed by atoms with E-state index in [0.29, 0.717) is 6.04 Å². The lowest BCUT2D eigenvalue weighted by atomic mass is 10.1. The molecule has 1 amide bonds. The lowest BCUT2D eigenvalue weighted by Gasteiger charge is -2.36. The van der Waals surface area contributed by atoms with E-state index in [1.807, 2.05) is 37.4 Å². The van der Waals surface area contributed by atoms with Crippen LogP contribution in [-0.2, 0) is 0 Å². The first-order valence-corrected chi connectivity index (χ1v) is 4.80. The standard InChI is InChI=1S/C11H14N2O/c1-13-7-10(8-13)12-11(14)9-5-3-2-4-6-9/h2-6,10H,7-8H2,1H3,(H,12,14). The molecule has 0 saturated carbocycles. The van der Waals surface area contributed by atoms with Crippen LogP contribution in [0, 0.1) is 0 Å². The average Bonchev–Trinajstić information content (AvgIpc) is 2.17. The molecule has 1 heterocycles. The van der Waals surface area contributed by atoms with E-state index in [1.165, 1.54) is 0 Å². The summed E-state index contributed by atoms with van der Waals surface area (Å²) in [4.78, 5) is 13.8. The summed E-state index contributed by atoms with van der Waals surface area (Å²) in [7, 11) is 2.05. The predicted molar refractivity (Wildman–Crippen MR) is 55.2 cm³/mol. The summed E-state index contributed by atoms with van der Waals surface area (Å²) in [6.45, 7) is 1.91. The Morgan fingerprint density at radius 1 is 1.36 bits per heavy atom. The number of hydrogen-bond acceptors (Lipinski definition) is 2. The van der Waals surface area contributed by atoms with E-state index in [1.54, 1.807) is 0 Å². The quantitative estimate of drug-likeness (QED) is 0.745. The van der Waals surface area contributed by atoms with Gasteiger partial charge in [0.1, 0.15) is 0 Å². The van der Waals surface area contributed by atoms with E-state index < -0.39 is 0 Å². The van der Waals surface area contributed by atoms with Gasteiger partial charge in [-0.25, -0.2) is 0 Å². The number of likely N-dealkylation sites (N-methyl/N-ethyl adjacent to an activating group) is 1. The summed E-state index contributed by atoms with van der Waals surface area (Å²) in [6.07, 6.45) is 0. The highest BCUT2D eigenvalue weighted by molar-refractivity contribution is 5.94. The lowest BCUT2D eigenvalue weighted by Crippen LogP contribution is -2.57. The van der Waals surface area contributed by atoms with E-state index in [0.717, 1.165) is 18.7 Å². The number of likely N-dealkylation sites (tertiary alicyclic amines) is 1. The molecule has 0 aliphatic carbocycles. The number of nitrogens with one attached hydrogen (secondary N) is 1. The van der Waals surface area contributed by atoms with Gasteiger partial charge in [0.05, 0.1) is 6.04 Å². The summed E-state index contributed by atoms with van der Waals surface area (Å²) >= 11 is 0. The van der Waals surface area contributed by atoms with Gasteiger partial charge in [-0.3, -0.25) is 4.79 Å². The van der Waals surface area contributed by atoms with Crippen LogP contribution in [-0.4, -0.2) is 37.0 Å². The Morgan fingerprint density at radius 2 is 2.00 bits per heavy atom. The number of nitrogens with zero attached hydrogens (tertiary/aromatic N) is 1. The Labute approximate surface area is 83.7 Å². The summed E-state index contributed by atoms with van der Waals surface area (Å²) in [6, 6.07) is 9.65. The van der Waals surface area contributed by atoms with Crippen molar-refractivity contribution >= 4 is 5.91 Å². The van der Waals surface area contributed by atoms with Gasteiger partial charge < -0.3 is 10.2 Å². The van der Waals surface area contributed by atoms with Crippen LogP contribution in [0.3, 0.4) is 0 Å². The molecule has 14 heavy (non-hydrogen) atoms. The molecule has 1 aliphatic rings. The highest BCUT2D eigenvalue weighted by Crippen LogP contribution is 2.05. The molecule has 3 nitrogen and oxygen atoms in total. The van der Waals surface area contributed by atoms with Crippen LogP contribution in [0.4, 0.5) is 0 Å². The third kappa shape index (κ3) is 1.93. The minimum atomic E-state index is 0.0312. The van der Waals surface area contributed by atoms with Crippen LogP contribution in [0.5, 0.6) is 0 Å². The monoisotopic (exact) mass is 190 g/mol. The van der Waals surface area contributed by atoms with Gasteiger partial charge in [0, 0.05) is 18.7 Å². The molecule has 1 fully saturated rings. The third-order valence-corrected chi connectivity index (χ3v) is 2.44. The number of carbonyl (C=O) groups excluding carboxylic acids is 1. The minimum Gasteiger partial charge on any atom is -0.347 e. The lowest BCUT2D eigenvalue weighted by molar-refractivity contribution is 0.0858. The maximum absolute atomic E-state index is 11.6. The first-order valence-electron chi connectivity index (χ1n) is 4.80. The summed E-state index contributed by atoms with van der Waals surface area (Å²) in [5.41, 5.74) is 0.738. The summed E-state index contributed by atoms with van der Waals surface area (Å²) < 4.78 is 0. The Morgan fingerprint density at radius 3 is 2.57 bits per heavy atom. The molecule has 1 aliphatic heterocycles. The molecule has 0 radical (unpaired) electrons. The molecule has 1 saturated heterocycles. The van der Waals surface area contributed by atoms with Crippen molar-refractivity contribution in [2.45, 2.75) is 6.04 Å². The molecule has 1 aromatic carbocycles. The molecule has 1 aromatic rings. The van der Waals surface area contributed by atoms with Crippen molar-refractivity contribution in [3.8, 4) is 0 Å². The van der Waals surface area contributed by atoms with Crippen molar-refractivity contribution in [3.63, 3.8) is 0 Å². The van der Waals surface area contributed by atoms with Gasteiger partial charge in [-0.2, -0.15) is 0 Å². The molecule has 0 unspecified atom stereocenters. The van der Waals surface area contributed by atoms with Crippen molar-refractivity contribution in [3.05, 3.63) is 35.9 Å². The largest absolute Gasteiger partial charge is 0.347 e. The highest BCUT2D eigenvalue weighted by atomic mass is 16.1. The number of benzene rings is 1. The van der Waals surface area contributed by atoms with E-state index in [-0.39, 0.29) is 5.91 Å². The van der Waals surface area contributed by atoms with E-state index >= 15 is 0 Å². The molecule has 0 aromatic heterocycles. The van der Waals surface area contributed by atoms with Crippen LogP contribution in [0.2, 0.25) is 0 Å². The zero-order chi connectivity index (χ0) is 9.97. The second-order valence-electron chi connectivity index (χ2n) is 3.76. The smallest absolute Gasteiger partial charge is 0.251 e. The molecule has 3 heteroatoms. The normalized spacial score (nSPS) is 17.5. The maximum Gasteiger partial charge on any atom is 0.251 e. The predicted octanol–water partition coefficient (Wildman–Crippen LogP) is 0.730. The SMILES string of the molecule is CN1CC(NC(=O)c2ccccc2)C1. The molecule has 0 bridgehead atoms. The van der Waals surface area contributed by atoms with Crippen LogP contribution in [0.15, 0.2) is 30.3 Å². The number of carbonyl (C=O) groups is 1. The molecular weight excluding hydrogens is 176 g/mol. The van der Waals surface area contributed by atoms with Crippen molar-refractivity contribution in [1.82, 2.24) is 10.2 Å². The van der Waals surface area contributed by atoms with Crippen molar-refractivity contribution in [1.29, 1.82) is 0 Å². The second kappa shape index (κ2) is 3.80. The van der Waals surface area contributed by atoms with Gasteiger partial charge in [-0.15, -0.1) is 0 Å². The Hall–Kier alpha value is -1.35. The van der Waals surface area contributed by atoms with Crippen LogP contribution in [0.1, 0.15) is 10.4 Å². The molecule has 0 spiro atoms. The zero-order valence-corrected chi connectivity index (χ0v) is 8.23. The number of amides is 1. The van der Waals surface area contributed by atoms with Crippen molar-refractivity contribution in [2.75, 3.05) is 20.1 Å². The van der Waals surface area contributed by atoms with E-state index in [2.05, 4.69) is 10.2 Å². The second-order valence-corrected chi connectivity index (χ2v) is 3.76. The first-order chi connectivity index (χ1) is 6.75. The first kappa shape index (κ1) is 9.21.